The molecule has 5 rings (SSSR count). The number of rotatable bonds is 5. The van der Waals surface area contributed by atoms with E-state index in [2.05, 4.69) is 30.8 Å². The molecule has 1 atom stereocenters. The summed E-state index contributed by atoms with van der Waals surface area (Å²) in [5, 5.41) is 15.7. The van der Waals surface area contributed by atoms with E-state index in [-0.39, 0.29) is 11.5 Å². The van der Waals surface area contributed by atoms with Gasteiger partial charge in [-0.15, -0.1) is 5.10 Å². The van der Waals surface area contributed by atoms with Gasteiger partial charge in [-0.3, -0.25) is 4.79 Å². The third kappa shape index (κ3) is 4.04. The summed E-state index contributed by atoms with van der Waals surface area (Å²) >= 11 is 0. The Morgan fingerprint density at radius 1 is 1.17 bits per heavy atom. The molecule has 0 aliphatic carbocycles. The van der Waals surface area contributed by atoms with Crippen LogP contribution in [0.2, 0.25) is 0 Å². The largest absolute Gasteiger partial charge is 0.363 e. The van der Waals surface area contributed by atoms with E-state index >= 15 is 0 Å². The molecule has 12 heteroatoms. The number of fused-ring (bicyclic) bond motifs is 3. The van der Waals surface area contributed by atoms with Crippen molar-refractivity contribution in [2.45, 2.75) is 32.7 Å². The van der Waals surface area contributed by atoms with E-state index in [9.17, 15) is 18.0 Å². The molecule has 1 N–H and O–H groups in total. The summed E-state index contributed by atoms with van der Waals surface area (Å²) in [7, 11) is 0. The molecule has 1 aliphatic rings. The Labute approximate surface area is 197 Å². The molecule has 0 radical (unpaired) electrons. The summed E-state index contributed by atoms with van der Waals surface area (Å²) in [6, 6.07) is 5.12. The van der Waals surface area contributed by atoms with Gasteiger partial charge < -0.3 is 10.2 Å². The van der Waals surface area contributed by atoms with Crippen molar-refractivity contribution in [3.8, 4) is 0 Å². The van der Waals surface area contributed by atoms with Crippen LogP contribution in [0, 0.1) is 5.82 Å². The molecule has 0 saturated carbocycles. The first-order chi connectivity index (χ1) is 16.8. The molecular weight excluding hydrogens is 461 g/mol. The van der Waals surface area contributed by atoms with Gasteiger partial charge in [0.1, 0.15) is 18.0 Å². The van der Waals surface area contributed by atoms with E-state index in [1.54, 1.807) is 11.8 Å². The van der Waals surface area contributed by atoms with E-state index in [0.717, 1.165) is 17.2 Å². The SMILES string of the molecule is CC(=O)N1CC=C(c2cc3c(N[C@H](C)c4cccc(C(F)F)c4F)ncnc3n3nnnc23)CC1. The van der Waals surface area contributed by atoms with Crippen molar-refractivity contribution in [1.29, 1.82) is 0 Å². The van der Waals surface area contributed by atoms with Crippen LogP contribution in [0.1, 0.15) is 49.4 Å². The van der Waals surface area contributed by atoms with E-state index < -0.39 is 23.8 Å². The first kappa shape index (κ1) is 22.7. The molecule has 180 valence electrons. The molecule has 0 spiro atoms. The number of tetrazole rings is 1. The maximum Gasteiger partial charge on any atom is 0.266 e. The number of amides is 1. The number of alkyl halides is 2. The van der Waals surface area contributed by atoms with Crippen LogP contribution < -0.4 is 5.32 Å². The lowest BCUT2D eigenvalue weighted by Crippen LogP contribution is -2.32. The number of halogens is 3. The molecule has 1 amide bonds. The zero-order valence-electron chi connectivity index (χ0n) is 18.9. The smallest absolute Gasteiger partial charge is 0.266 e. The number of pyridine rings is 1. The molecule has 9 nitrogen and oxygen atoms in total. The second-order valence-corrected chi connectivity index (χ2v) is 8.29. The highest BCUT2D eigenvalue weighted by Gasteiger charge is 2.23. The van der Waals surface area contributed by atoms with Crippen LogP contribution in [0.5, 0.6) is 0 Å². The Bertz CT molecular complexity index is 1470. The molecule has 4 aromatic rings. The Hall–Kier alpha value is -4.09. The van der Waals surface area contributed by atoms with Gasteiger partial charge in [-0.2, -0.15) is 4.52 Å². The van der Waals surface area contributed by atoms with E-state index in [1.807, 2.05) is 12.1 Å². The van der Waals surface area contributed by atoms with Crippen molar-refractivity contribution < 1.29 is 18.0 Å². The number of nitrogens with one attached hydrogen (secondary N) is 1. The molecular formula is C23H21F3N8O. The van der Waals surface area contributed by atoms with E-state index in [1.165, 1.54) is 29.9 Å². The Morgan fingerprint density at radius 2 is 1.97 bits per heavy atom. The highest BCUT2D eigenvalue weighted by Crippen LogP contribution is 2.33. The molecule has 1 aromatic carbocycles. The van der Waals surface area contributed by atoms with Gasteiger partial charge in [-0.25, -0.2) is 23.1 Å². The number of carbonyl (C=O) groups is 1. The fourth-order valence-corrected chi connectivity index (χ4v) is 4.30. The number of benzene rings is 1. The zero-order chi connectivity index (χ0) is 24.7. The number of anilines is 1. The van der Waals surface area contributed by atoms with Crippen molar-refractivity contribution >= 4 is 34.0 Å². The van der Waals surface area contributed by atoms with Crippen LogP contribution >= 0.6 is 0 Å². The fraction of sp³-hybridized carbons (Fsp3) is 0.304. The van der Waals surface area contributed by atoms with Gasteiger partial charge >= 0.3 is 0 Å². The number of nitrogens with zero attached hydrogens (tertiary/aromatic N) is 7. The van der Waals surface area contributed by atoms with Gasteiger partial charge in [0.15, 0.2) is 11.3 Å². The molecule has 3 aromatic heterocycles. The average Bonchev–Trinajstić information content (AvgIpc) is 3.34. The minimum absolute atomic E-state index is 0.00474. The minimum Gasteiger partial charge on any atom is -0.363 e. The molecule has 0 fully saturated rings. The summed E-state index contributed by atoms with van der Waals surface area (Å²) in [5.41, 5.74) is 2.13. The maximum atomic E-state index is 14.7. The first-order valence-corrected chi connectivity index (χ1v) is 11.0. The highest BCUT2D eigenvalue weighted by atomic mass is 19.3. The first-order valence-electron chi connectivity index (χ1n) is 11.0. The van der Waals surface area contributed by atoms with Crippen LogP contribution in [-0.2, 0) is 4.79 Å². The third-order valence-electron chi connectivity index (χ3n) is 6.18. The Kier molecular flexibility index (Phi) is 5.79. The van der Waals surface area contributed by atoms with E-state index in [0.29, 0.717) is 42.0 Å². The average molecular weight is 482 g/mol. The fourth-order valence-electron chi connectivity index (χ4n) is 4.30. The van der Waals surface area contributed by atoms with Gasteiger partial charge in [0, 0.05) is 31.1 Å². The van der Waals surface area contributed by atoms with Crippen molar-refractivity contribution in [3.63, 3.8) is 0 Å². The summed E-state index contributed by atoms with van der Waals surface area (Å²) < 4.78 is 42.6. The number of hydrogen-bond acceptors (Lipinski definition) is 7. The lowest BCUT2D eigenvalue weighted by Gasteiger charge is -2.25. The molecule has 0 bridgehead atoms. The number of hydrogen-bond donors (Lipinski definition) is 1. The topological polar surface area (TPSA) is 101 Å². The van der Waals surface area contributed by atoms with Crippen molar-refractivity contribution in [2.24, 2.45) is 0 Å². The van der Waals surface area contributed by atoms with Crippen molar-refractivity contribution in [3.05, 3.63) is 59.2 Å². The molecule has 0 unspecified atom stereocenters. The maximum absolute atomic E-state index is 14.7. The molecule has 4 heterocycles. The van der Waals surface area contributed by atoms with Gasteiger partial charge in [-0.1, -0.05) is 24.3 Å². The monoisotopic (exact) mass is 482 g/mol. The highest BCUT2D eigenvalue weighted by molar-refractivity contribution is 5.93. The van der Waals surface area contributed by atoms with Gasteiger partial charge in [0.25, 0.3) is 6.43 Å². The molecule has 1 aliphatic heterocycles. The van der Waals surface area contributed by atoms with Gasteiger partial charge in [0.2, 0.25) is 5.91 Å². The van der Waals surface area contributed by atoms with Crippen molar-refractivity contribution in [1.82, 2.24) is 34.9 Å². The molecule has 35 heavy (non-hydrogen) atoms. The van der Waals surface area contributed by atoms with Crippen molar-refractivity contribution in [2.75, 3.05) is 18.4 Å². The van der Waals surface area contributed by atoms with Crippen LogP contribution in [0.3, 0.4) is 0 Å². The Morgan fingerprint density at radius 3 is 2.69 bits per heavy atom. The normalized spacial score (nSPS) is 15.0. The standard InChI is InChI=1S/C23H21F3N8O/c1-12(15-4-3-5-16(19(15)24)20(25)26)29-21-18-10-17(14-6-8-33(9-7-14)13(2)35)23-30-31-32-34(23)22(18)28-11-27-21/h3-6,10-12,20H,7-9H2,1-2H3,(H,27,28,29)/t12-/m1/s1. The van der Waals surface area contributed by atoms with Crippen LogP contribution in [0.15, 0.2) is 36.7 Å². The predicted molar refractivity (Wildman–Crippen MR) is 122 cm³/mol. The summed E-state index contributed by atoms with van der Waals surface area (Å²) in [6.45, 7) is 4.24. The predicted octanol–water partition coefficient (Wildman–Crippen LogP) is 3.95. The number of carbonyl (C=O) groups excluding carboxylic acids is 1. The van der Waals surface area contributed by atoms with Gasteiger partial charge in [-0.05, 0) is 35.4 Å². The second-order valence-electron chi connectivity index (χ2n) is 8.29. The quantitative estimate of drug-likeness (QED) is 0.460. The summed E-state index contributed by atoms with van der Waals surface area (Å²) in [5.74, 6) is -0.568. The molecule has 0 saturated heterocycles. The third-order valence-corrected chi connectivity index (χ3v) is 6.18. The van der Waals surface area contributed by atoms with Crippen LogP contribution in [-0.4, -0.2) is 53.9 Å². The van der Waals surface area contributed by atoms with Crippen LogP contribution in [0.25, 0.3) is 22.3 Å². The second kappa shape index (κ2) is 8.93. The lowest BCUT2D eigenvalue weighted by atomic mass is 9.99. The van der Waals surface area contributed by atoms with Crippen LogP contribution in [0.4, 0.5) is 19.0 Å². The number of aromatic nitrogens is 6. The minimum atomic E-state index is -2.92. The van der Waals surface area contributed by atoms with E-state index in [4.69, 9.17) is 0 Å². The summed E-state index contributed by atoms with van der Waals surface area (Å²) in [6.07, 6.45) is 0.993. The lowest BCUT2D eigenvalue weighted by molar-refractivity contribution is -0.128. The zero-order valence-corrected chi connectivity index (χ0v) is 18.9. The van der Waals surface area contributed by atoms with Gasteiger partial charge in [0.05, 0.1) is 17.0 Å². The summed E-state index contributed by atoms with van der Waals surface area (Å²) in [4.78, 5) is 22.1. The Balaban J connectivity index is 1.58.